The van der Waals surface area contributed by atoms with Crippen molar-refractivity contribution in [3.05, 3.63) is 41.6 Å². The van der Waals surface area contributed by atoms with Crippen molar-refractivity contribution in [2.24, 2.45) is 0 Å². The van der Waals surface area contributed by atoms with E-state index in [1.807, 2.05) is 37.7 Å². The van der Waals surface area contributed by atoms with Crippen molar-refractivity contribution < 1.29 is 9.32 Å². The second kappa shape index (κ2) is 7.08. The standard InChI is InChI=1S/C21H23N7O2/c1-4-27-11-14(9-22-27)24-20(29)15-8-17(13-6-7-13)25-21-18(15)19(26-30-21)16-10-23-28(5-2)12(16)3/h8-11,13H,4-7H2,1-3H3,(H,24,29). The molecule has 0 radical (unpaired) electrons. The molecule has 0 aromatic carbocycles. The summed E-state index contributed by atoms with van der Waals surface area (Å²) in [7, 11) is 0. The van der Waals surface area contributed by atoms with Gasteiger partial charge in [0.05, 0.1) is 29.0 Å². The first-order chi connectivity index (χ1) is 14.6. The van der Waals surface area contributed by atoms with Crippen LogP contribution < -0.4 is 5.32 Å². The molecule has 1 N–H and O–H groups in total. The molecule has 1 amide bonds. The molecule has 0 aliphatic heterocycles. The Morgan fingerprint density at radius 1 is 1.23 bits per heavy atom. The summed E-state index contributed by atoms with van der Waals surface area (Å²) in [5, 5.41) is 16.5. The fourth-order valence-electron chi connectivity index (χ4n) is 3.72. The summed E-state index contributed by atoms with van der Waals surface area (Å²) in [6.07, 6.45) is 7.36. The maximum absolute atomic E-state index is 13.3. The van der Waals surface area contributed by atoms with Crippen LogP contribution in [0.25, 0.3) is 22.4 Å². The van der Waals surface area contributed by atoms with Gasteiger partial charge in [-0.25, -0.2) is 4.98 Å². The predicted octanol–water partition coefficient (Wildman–Crippen LogP) is 3.76. The van der Waals surface area contributed by atoms with Gasteiger partial charge in [-0.3, -0.25) is 14.2 Å². The molecule has 0 spiro atoms. The number of hydrogen-bond donors (Lipinski definition) is 1. The van der Waals surface area contributed by atoms with Gasteiger partial charge in [-0.05, 0) is 39.7 Å². The van der Waals surface area contributed by atoms with Gasteiger partial charge in [-0.1, -0.05) is 5.16 Å². The molecule has 1 fully saturated rings. The highest BCUT2D eigenvalue weighted by atomic mass is 16.5. The molecule has 154 valence electrons. The van der Waals surface area contributed by atoms with Gasteiger partial charge in [-0.2, -0.15) is 10.2 Å². The highest BCUT2D eigenvalue weighted by molar-refractivity contribution is 6.14. The van der Waals surface area contributed by atoms with E-state index in [4.69, 9.17) is 4.52 Å². The maximum atomic E-state index is 13.3. The molecule has 0 bridgehead atoms. The number of fused-ring (bicyclic) bond motifs is 1. The van der Waals surface area contributed by atoms with Crippen LogP contribution in [0.4, 0.5) is 5.69 Å². The number of nitrogens with one attached hydrogen (secondary N) is 1. The average Bonchev–Trinajstić information content (AvgIpc) is 3.19. The lowest BCUT2D eigenvalue weighted by atomic mass is 10.0. The van der Waals surface area contributed by atoms with Crippen molar-refractivity contribution >= 4 is 22.7 Å². The number of hydrogen-bond acceptors (Lipinski definition) is 6. The Hall–Kier alpha value is -3.49. The first-order valence-electron chi connectivity index (χ1n) is 10.3. The van der Waals surface area contributed by atoms with E-state index in [2.05, 4.69) is 25.7 Å². The van der Waals surface area contributed by atoms with Crippen LogP contribution in [0.3, 0.4) is 0 Å². The first-order valence-corrected chi connectivity index (χ1v) is 10.3. The average molecular weight is 405 g/mol. The topological polar surface area (TPSA) is 104 Å². The maximum Gasteiger partial charge on any atom is 0.259 e. The quantitative estimate of drug-likeness (QED) is 0.524. The van der Waals surface area contributed by atoms with Gasteiger partial charge in [-0.15, -0.1) is 0 Å². The van der Waals surface area contributed by atoms with Crippen LogP contribution in [0.1, 0.15) is 54.4 Å². The van der Waals surface area contributed by atoms with Crippen molar-refractivity contribution in [1.82, 2.24) is 29.7 Å². The van der Waals surface area contributed by atoms with Gasteiger partial charge in [0.15, 0.2) is 0 Å². The molecule has 4 heterocycles. The van der Waals surface area contributed by atoms with Crippen LogP contribution in [-0.2, 0) is 13.1 Å². The fraction of sp³-hybridized carbons (Fsp3) is 0.381. The van der Waals surface area contributed by atoms with E-state index in [9.17, 15) is 4.79 Å². The molecule has 5 rings (SSSR count). The van der Waals surface area contributed by atoms with Crippen LogP contribution >= 0.6 is 0 Å². The number of rotatable bonds is 6. The predicted molar refractivity (Wildman–Crippen MR) is 111 cm³/mol. The summed E-state index contributed by atoms with van der Waals surface area (Å²) in [5.74, 6) is 0.145. The second-order valence-corrected chi connectivity index (χ2v) is 7.58. The Morgan fingerprint density at radius 2 is 2.07 bits per heavy atom. The van der Waals surface area contributed by atoms with Gasteiger partial charge in [0.25, 0.3) is 11.6 Å². The van der Waals surface area contributed by atoms with E-state index < -0.39 is 0 Å². The highest BCUT2D eigenvalue weighted by Crippen LogP contribution is 2.41. The lowest BCUT2D eigenvalue weighted by Crippen LogP contribution is -2.13. The van der Waals surface area contributed by atoms with Crippen LogP contribution in [0.5, 0.6) is 0 Å². The molecule has 0 atom stereocenters. The van der Waals surface area contributed by atoms with Crippen molar-refractivity contribution in [3.8, 4) is 11.3 Å². The number of amides is 1. The first kappa shape index (κ1) is 18.5. The minimum atomic E-state index is -0.232. The zero-order chi connectivity index (χ0) is 20.8. The Labute approximate surface area is 173 Å². The van der Waals surface area contributed by atoms with Crippen LogP contribution in [0, 0.1) is 6.92 Å². The Balaban J connectivity index is 1.63. The lowest BCUT2D eigenvalue weighted by Gasteiger charge is -2.07. The Morgan fingerprint density at radius 3 is 2.73 bits per heavy atom. The summed E-state index contributed by atoms with van der Waals surface area (Å²) in [4.78, 5) is 17.9. The van der Waals surface area contributed by atoms with E-state index in [-0.39, 0.29) is 5.91 Å². The third-order valence-corrected chi connectivity index (χ3v) is 5.58. The number of nitrogens with zero attached hydrogens (tertiary/aromatic N) is 6. The lowest BCUT2D eigenvalue weighted by molar-refractivity contribution is 0.102. The van der Waals surface area contributed by atoms with E-state index in [1.54, 1.807) is 17.1 Å². The molecule has 1 saturated carbocycles. The zero-order valence-electron chi connectivity index (χ0n) is 17.2. The van der Waals surface area contributed by atoms with Crippen molar-refractivity contribution in [1.29, 1.82) is 0 Å². The number of aryl methyl sites for hydroxylation is 2. The summed E-state index contributed by atoms with van der Waals surface area (Å²) in [6.45, 7) is 7.49. The monoisotopic (exact) mass is 405 g/mol. The number of aromatic nitrogens is 6. The van der Waals surface area contributed by atoms with Gasteiger partial charge in [0.2, 0.25) is 0 Å². The summed E-state index contributed by atoms with van der Waals surface area (Å²) in [5.41, 5.74) is 4.80. The smallest absolute Gasteiger partial charge is 0.259 e. The molecule has 0 unspecified atom stereocenters. The number of pyridine rings is 1. The van der Waals surface area contributed by atoms with Crippen molar-refractivity contribution in [3.63, 3.8) is 0 Å². The molecule has 30 heavy (non-hydrogen) atoms. The molecule has 0 saturated heterocycles. The molecule has 9 heteroatoms. The molecular weight excluding hydrogens is 382 g/mol. The van der Waals surface area contributed by atoms with E-state index in [0.717, 1.165) is 42.9 Å². The number of carbonyl (C=O) groups is 1. The van der Waals surface area contributed by atoms with Crippen molar-refractivity contribution in [2.75, 3.05) is 5.32 Å². The molecule has 4 aromatic heterocycles. The normalized spacial score (nSPS) is 13.8. The van der Waals surface area contributed by atoms with E-state index in [1.165, 1.54) is 0 Å². The second-order valence-electron chi connectivity index (χ2n) is 7.58. The van der Waals surface area contributed by atoms with E-state index >= 15 is 0 Å². The number of carbonyl (C=O) groups excluding carboxylic acids is 1. The molecule has 9 nitrogen and oxygen atoms in total. The van der Waals surface area contributed by atoms with Gasteiger partial charge in [0, 0.05) is 42.2 Å². The summed E-state index contributed by atoms with van der Waals surface area (Å²) >= 11 is 0. The summed E-state index contributed by atoms with van der Waals surface area (Å²) in [6, 6.07) is 1.87. The van der Waals surface area contributed by atoms with Gasteiger partial charge in [0.1, 0.15) is 5.69 Å². The van der Waals surface area contributed by atoms with Crippen LogP contribution in [-0.4, -0.2) is 35.6 Å². The SMILES string of the molecule is CCn1cc(NC(=O)c2cc(C3CC3)nc3onc(-c4cnn(CC)c4C)c23)cn1. The minimum Gasteiger partial charge on any atom is -0.335 e. The third-order valence-electron chi connectivity index (χ3n) is 5.58. The zero-order valence-corrected chi connectivity index (χ0v) is 17.2. The van der Waals surface area contributed by atoms with E-state index in [0.29, 0.717) is 34.0 Å². The Bertz CT molecular complexity index is 1250. The van der Waals surface area contributed by atoms with Gasteiger partial charge >= 0.3 is 0 Å². The number of anilines is 1. The highest BCUT2D eigenvalue weighted by Gasteiger charge is 2.30. The minimum absolute atomic E-state index is 0.232. The molecule has 1 aliphatic rings. The molecule has 1 aliphatic carbocycles. The largest absolute Gasteiger partial charge is 0.335 e. The summed E-state index contributed by atoms with van der Waals surface area (Å²) < 4.78 is 9.24. The van der Waals surface area contributed by atoms with Crippen molar-refractivity contribution in [2.45, 2.75) is 52.6 Å². The fourth-order valence-corrected chi connectivity index (χ4v) is 3.72. The van der Waals surface area contributed by atoms with Crippen LogP contribution in [0.2, 0.25) is 0 Å². The Kier molecular flexibility index (Phi) is 4.38. The molecular formula is C21H23N7O2. The molecule has 4 aromatic rings. The van der Waals surface area contributed by atoms with Gasteiger partial charge < -0.3 is 9.84 Å². The third kappa shape index (κ3) is 3.06. The van der Waals surface area contributed by atoms with Crippen LogP contribution in [0.15, 0.2) is 29.2 Å².